The molecule has 0 saturated carbocycles. The molecule has 0 saturated heterocycles. The molecule has 1 aromatic heterocycles. The number of hydrogen-bond donors (Lipinski definition) is 2. The minimum Gasteiger partial charge on any atom is -0.345 e. The van der Waals surface area contributed by atoms with Crippen molar-refractivity contribution in [2.45, 2.75) is 70.8 Å². The van der Waals surface area contributed by atoms with Crippen molar-refractivity contribution in [2.75, 3.05) is 0 Å². The van der Waals surface area contributed by atoms with Gasteiger partial charge in [0, 0.05) is 24.1 Å². The number of nitrogens with one attached hydrogen (secondary N) is 1. The van der Waals surface area contributed by atoms with E-state index in [0.717, 1.165) is 19.3 Å². The molecule has 3 nitrogen and oxygen atoms in total. The average molecular weight is 235 g/mol. The number of H-pyrrole nitrogens is 1. The lowest BCUT2D eigenvalue weighted by molar-refractivity contribution is 0.546. The Morgan fingerprint density at radius 2 is 2.29 bits per heavy atom. The molecule has 0 radical (unpaired) electrons. The van der Waals surface area contributed by atoms with E-state index in [-0.39, 0.29) is 0 Å². The zero-order chi connectivity index (χ0) is 12.3. The zero-order valence-electron chi connectivity index (χ0n) is 11.1. The van der Waals surface area contributed by atoms with Crippen molar-refractivity contribution in [1.29, 1.82) is 0 Å². The van der Waals surface area contributed by atoms with E-state index in [1.165, 1.54) is 42.9 Å². The van der Waals surface area contributed by atoms with E-state index in [9.17, 15) is 0 Å². The minimum absolute atomic E-state index is 0.325. The van der Waals surface area contributed by atoms with Crippen LogP contribution in [0.25, 0.3) is 0 Å². The highest BCUT2D eigenvalue weighted by molar-refractivity contribution is 5.21. The van der Waals surface area contributed by atoms with Crippen molar-refractivity contribution in [2.24, 2.45) is 5.73 Å². The Morgan fingerprint density at radius 1 is 1.47 bits per heavy atom. The highest BCUT2D eigenvalue weighted by Gasteiger charge is 2.22. The Morgan fingerprint density at radius 3 is 3.00 bits per heavy atom. The largest absolute Gasteiger partial charge is 0.345 e. The van der Waals surface area contributed by atoms with Crippen LogP contribution < -0.4 is 5.73 Å². The zero-order valence-corrected chi connectivity index (χ0v) is 11.1. The maximum Gasteiger partial charge on any atom is 0.109 e. The second kappa shape index (κ2) is 5.67. The van der Waals surface area contributed by atoms with Gasteiger partial charge in [0.25, 0.3) is 0 Å². The first kappa shape index (κ1) is 12.6. The quantitative estimate of drug-likeness (QED) is 0.824. The van der Waals surface area contributed by atoms with Crippen LogP contribution in [0.2, 0.25) is 0 Å². The first-order chi connectivity index (χ1) is 8.24. The second-order valence-corrected chi connectivity index (χ2v) is 5.30. The maximum absolute atomic E-state index is 6.00. The van der Waals surface area contributed by atoms with Crippen LogP contribution in [0.15, 0.2) is 0 Å². The molecular weight excluding hydrogens is 210 g/mol. The lowest BCUT2D eigenvalue weighted by atomic mass is 9.97. The van der Waals surface area contributed by atoms with E-state index < -0.39 is 0 Å². The van der Waals surface area contributed by atoms with Gasteiger partial charge in [0.2, 0.25) is 0 Å². The molecule has 1 heterocycles. The minimum atomic E-state index is 0.325. The third kappa shape index (κ3) is 2.89. The molecule has 0 spiro atoms. The molecule has 1 aliphatic rings. The molecule has 0 aliphatic heterocycles. The monoisotopic (exact) mass is 235 g/mol. The van der Waals surface area contributed by atoms with Gasteiger partial charge < -0.3 is 10.7 Å². The smallest absolute Gasteiger partial charge is 0.109 e. The van der Waals surface area contributed by atoms with Gasteiger partial charge >= 0.3 is 0 Å². The number of fused-ring (bicyclic) bond motifs is 1. The summed E-state index contributed by atoms with van der Waals surface area (Å²) in [6.45, 7) is 4.51. The van der Waals surface area contributed by atoms with E-state index >= 15 is 0 Å². The summed E-state index contributed by atoms with van der Waals surface area (Å²) < 4.78 is 0. The van der Waals surface area contributed by atoms with Gasteiger partial charge in [-0.05, 0) is 25.7 Å². The molecule has 0 aromatic carbocycles. The van der Waals surface area contributed by atoms with Crippen LogP contribution in [0, 0.1) is 0 Å². The Hall–Kier alpha value is -0.830. The summed E-state index contributed by atoms with van der Waals surface area (Å²) in [5.74, 6) is 1.82. The predicted molar refractivity (Wildman–Crippen MR) is 71.1 cm³/mol. The second-order valence-electron chi connectivity index (χ2n) is 5.30. The standard InChI is InChI=1S/C14H25N3/c1-3-5-6-10(4-2)14-16-12-8-7-11(15)9-13(12)17-14/h10-11H,3-9,15H2,1-2H3,(H,16,17). The van der Waals surface area contributed by atoms with Crippen molar-refractivity contribution >= 4 is 0 Å². The normalized spacial score (nSPS) is 21.2. The van der Waals surface area contributed by atoms with Gasteiger partial charge in [-0.3, -0.25) is 0 Å². The van der Waals surface area contributed by atoms with E-state index in [2.05, 4.69) is 18.8 Å². The van der Waals surface area contributed by atoms with Crippen molar-refractivity contribution in [1.82, 2.24) is 9.97 Å². The van der Waals surface area contributed by atoms with Crippen LogP contribution in [0.4, 0.5) is 0 Å². The molecule has 2 atom stereocenters. The van der Waals surface area contributed by atoms with Gasteiger partial charge in [0.05, 0.1) is 5.69 Å². The molecule has 1 aliphatic carbocycles. The summed E-state index contributed by atoms with van der Waals surface area (Å²) in [5, 5.41) is 0. The Balaban J connectivity index is 2.10. The van der Waals surface area contributed by atoms with Crippen LogP contribution in [0.1, 0.15) is 69.1 Å². The van der Waals surface area contributed by atoms with E-state index in [0.29, 0.717) is 12.0 Å². The molecule has 0 amide bonds. The molecule has 96 valence electrons. The van der Waals surface area contributed by atoms with Gasteiger partial charge in [-0.2, -0.15) is 0 Å². The van der Waals surface area contributed by atoms with Gasteiger partial charge in [-0.25, -0.2) is 4.98 Å². The summed E-state index contributed by atoms with van der Waals surface area (Å²) in [4.78, 5) is 8.33. The lowest BCUT2D eigenvalue weighted by Crippen LogP contribution is -2.27. The highest BCUT2D eigenvalue weighted by atomic mass is 15.0. The summed E-state index contributed by atoms with van der Waals surface area (Å²) in [5.41, 5.74) is 8.57. The molecular formula is C14H25N3. The van der Waals surface area contributed by atoms with Gasteiger partial charge in [-0.1, -0.05) is 26.7 Å². The summed E-state index contributed by atoms with van der Waals surface area (Å²) in [6, 6.07) is 0.325. The van der Waals surface area contributed by atoms with Crippen LogP contribution in [-0.4, -0.2) is 16.0 Å². The van der Waals surface area contributed by atoms with Crippen molar-refractivity contribution < 1.29 is 0 Å². The van der Waals surface area contributed by atoms with Crippen LogP contribution in [-0.2, 0) is 12.8 Å². The summed E-state index contributed by atoms with van der Waals surface area (Å²) >= 11 is 0. The molecule has 0 fully saturated rings. The van der Waals surface area contributed by atoms with E-state index in [4.69, 9.17) is 10.7 Å². The third-order valence-corrected chi connectivity index (χ3v) is 3.89. The Labute approximate surface area is 104 Å². The number of rotatable bonds is 5. The van der Waals surface area contributed by atoms with Gasteiger partial charge in [-0.15, -0.1) is 0 Å². The number of nitrogens with zero attached hydrogens (tertiary/aromatic N) is 1. The molecule has 0 bridgehead atoms. The first-order valence-corrected chi connectivity index (χ1v) is 7.07. The third-order valence-electron chi connectivity index (χ3n) is 3.89. The predicted octanol–water partition coefficient (Wildman–Crippen LogP) is 2.91. The SMILES string of the molecule is CCCCC(CC)c1nc2c([nH]1)CC(N)CC2. The van der Waals surface area contributed by atoms with Gasteiger partial charge in [0.15, 0.2) is 0 Å². The van der Waals surface area contributed by atoms with Crippen molar-refractivity contribution in [3.05, 3.63) is 17.2 Å². The molecule has 3 heteroatoms. The maximum atomic E-state index is 6.00. The number of hydrogen-bond acceptors (Lipinski definition) is 2. The number of aryl methyl sites for hydroxylation is 1. The summed E-state index contributed by atoms with van der Waals surface area (Å²) in [6.07, 6.45) is 8.11. The average Bonchev–Trinajstić information content (AvgIpc) is 2.72. The van der Waals surface area contributed by atoms with Crippen LogP contribution in [0.3, 0.4) is 0 Å². The fourth-order valence-corrected chi connectivity index (χ4v) is 2.71. The Bertz CT molecular complexity index is 356. The number of nitrogens with two attached hydrogens (primary N) is 1. The molecule has 3 N–H and O–H groups in total. The fraction of sp³-hybridized carbons (Fsp3) is 0.786. The van der Waals surface area contributed by atoms with Gasteiger partial charge in [0.1, 0.15) is 5.82 Å². The summed E-state index contributed by atoms with van der Waals surface area (Å²) in [7, 11) is 0. The molecule has 17 heavy (non-hydrogen) atoms. The molecule has 1 aromatic rings. The number of unbranched alkanes of at least 4 members (excludes halogenated alkanes) is 1. The topological polar surface area (TPSA) is 54.7 Å². The lowest BCUT2D eigenvalue weighted by Gasteiger charge is -2.16. The first-order valence-electron chi connectivity index (χ1n) is 7.07. The number of imidazole rings is 1. The fourth-order valence-electron chi connectivity index (χ4n) is 2.71. The van der Waals surface area contributed by atoms with Crippen LogP contribution in [0.5, 0.6) is 0 Å². The molecule has 2 rings (SSSR count). The molecule has 2 unspecified atom stereocenters. The highest BCUT2D eigenvalue weighted by Crippen LogP contribution is 2.26. The number of aromatic amines is 1. The Kier molecular flexibility index (Phi) is 4.21. The van der Waals surface area contributed by atoms with Crippen molar-refractivity contribution in [3.8, 4) is 0 Å². The van der Waals surface area contributed by atoms with Crippen molar-refractivity contribution in [3.63, 3.8) is 0 Å². The van der Waals surface area contributed by atoms with E-state index in [1.54, 1.807) is 0 Å². The number of aromatic nitrogens is 2. The van der Waals surface area contributed by atoms with Crippen LogP contribution >= 0.6 is 0 Å². The van der Waals surface area contributed by atoms with E-state index in [1.807, 2.05) is 0 Å².